The smallest absolute Gasteiger partial charge is 0.248 e. The molecule has 2 N–H and O–H groups in total. The molecule has 8 nitrogen and oxygen atoms in total. The summed E-state index contributed by atoms with van der Waals surface area (Å²) in [7, 11) is -3.68. The number of hydrogen-bond acceptors (Lipinski definition) is 6. The van der Waals surface area contributed by atoms with Crippen molar-refractivity contribution < 1.29 is 17.7 Å². The Balaban J connectivity index is 1.77. The van der Waals surface area contributed by atoms with Gasteiger partial charge < -0.3 is 10.3 Å². The number of sulfonamides is 1. The number of carbonyl (C=O) groups excluding carboxylic acids is 1. The number of carbonyl (C=O) groups is 1. The second-order valence-electron chi connectivity index (χ2n) is 6.31. The van der Waals surface area contributed by atoms with E-state index in [1.54, 1.807) is 13.8 Å². The van der Waals surface area contributed by atoms with Gasteiger partial charge in [-0.1, -0.05) is 35.5 Å². The third-order valence-corrected chi connectivity index (χ3v) is 6.73. The van der Waals surface area contributed by atoms with Crippen LogP contribution in [0.25, 0.3) is 0 Å². The minimum absolute atomic E-state index is 0.125. The predicted molar refractivity (Wildman–Crippen MR) is 94.7 cm³/mol. The highest BCUT2D eigenvalue weighted by atomic mass is 32.2. The third kappa shape index (κ3) is 3.37. The normalized spacial score (nSPS) is 17.9. The fraction of sp³-hybridized carbons (Fsp3) is 0.412. The van der Waals surface area contributed by atoms with Gasteiger partial charge in [-0.2, -0.15) is 4.31 Å². The van der Waals surface area contributed by atoms with Gasteiger partial charge in [0.2, 0.25) is 15.9 Å². The van der Waals surface area contributed by atoms with E-state index in [-0.39, 0.29) is 23.7 Å². The number of aromatic nitrogens is 1. The fourth-order valence-corrected chi connectivity index (χ4v) is 5.08. The van der Waals surface area contributed by atoms with Crippen LogP contribution in [-0.4, -0.2) is 54.9 Å². The number of aryl methyl sites for hydroxylation is 2. The van der Waals surface area contributed by atoms with Crippen LogP contribution in [0.1, 0.15) is 23.1 Å². The standard InChI is InChI=1S/C17H22N4O4S/c1-12-16(13(2)25-19-12)26(23,24)21-10-8-20(9-11-21)15(17(18)22)14-6-4-3-5-7-14/h3-7,15H,8-11H2,1-2H3,(H2,18,22). The molecule has 1 atom stereocenters. The maximum absolute atomic E-state index is 12.9. The Labute approximate surface area is 152 Å². The summed E-state index contributed by atoms with van der Waals surface area (Å²) in [5.41, 5.74) is 6.76. The molecule has 1 saturated heterocycles. The maximum atomic E-state index is 12.9. The summed E-state index contributed by atoms with van der Waals surface area (Å²) in [4.78, 5) is 14.0. The molecular formula is C17H22N4O4S. The van der Waals surface area contributed by atoms with Crippen molar-refractivity contribution in [1.82, 2.24) is 14.4 Å². The lowest BCUT2D eigenvalue weighted by Crippen LogP contribution is -2.51. The number of nitrogens with two attached hydrogens (primary N) is 1. The summed E-state index contributed by atoms with van der Waals surface area (Å²) in [5.74, 6) is -0.164. The lowest BCUT2D eigenvalue weighted by Gasteiger charge is -2.37. The molecule has 0 bridgehead atoms. The second-order valence-corrected chi connectivity index (χ2v) is 8.18. The van der Waals surface area contributed by atoms with Crippen molar-refractivity contribution in [1.29, 1.82) is 0 Å². The minimum Gasteiger partial charge on any atom is -0.368 e. The van der Waals surface area contributed by atoms with Gasteiger partial charge in [-0.05, 0) is 19.4 Å². The molecule has 1 aromatic carbocycles. The minimum atomic E-state index is -3.68. The van der Waals surface area contributed by atoms with Crippen LogP contribution in [0.4, 0.5) is 0 Å². The summed E-state index contributed by atoms with van der Waals surface area (Å²) < 4.78 is 32.2. The van der Waals surface area contributed by atoms with Crippen LogP contribution in [0.2, 0.25) is 0 Å². The van der Waals surface area contributed by atoms with Gasteiger partial charge in [0.05, 0.1) is 0 Å². The zero-order valence-electron chi connectivity index (χ0n) is 14.8. The van der Waals surface area contributed by atoms with Gasteiger partial charge in [-0.3, -0.25) is 9.69 Å². The third-order valence-electron chi connectivity index (χ3n) is 4.59. The van der Waals surface area contributed by atoms with E-state index in [0.29, 0.717) is 18.8 Å². The maximum Gasteiger partial charge on any atom is 0.248 e. The highest BCUT2D eigenvalue weighted by Gasteiger charge is 2.36. The van der Waals surface area contributed by atoms with Crippen molar-refractivity contribution in [3.8, 4) is 0 Å². The van der Waals surface area contributed by atoms with Gasteiger partial charge in [0.25, 0.3) is 0 Å². The zero-order chi connectivity index (χ0) is 18.9. The van der Waals surface area contributed by atoms with E-state index in [1.807, 2.05) is 35.2 Å². The summed E-state index contributed by atoms with van der Waals surface area (Å²) in [5, 5.41) is 3.73. The molecule has 2 aromatic rings. The van der Waals surface area contributed by atoms with Crippen LogP contribution in [0.3, 0.4) is 0 Å². The van der Waals surface area contributed by atoms with Gasteiger partial charge in [-0.25, -0.2) is 8.42 Å². The van der Waals surface area contributed by atoms with Gasteiger partial charge in [-0.15, -0.1) is 0 Å². The van der Waals surface area contributed by atoms with Crippen molar-refractivity contribution in [2.45, 2.75) is 24.8 Å². The molecular weight excluding hydrogens is 356 g/mol. The molecule has 0 aliphatic carbocycles. The number of nitrogens with zero attached hydrogens (tertiary/aromatic N) is 3. The Morgan fingerprint density at radius 1 is 1.15 bits per heavy atom. The molecule has 2 heterocycles. The van der Waals surface area contributed by atoms with Gasteiger partial charge in [0.1, 0.15) is 16.6 Å². The average Bonchev–Trinajstić information content (AvgIpc) is 2.95. The van der Waals surface area contributed by atoms with Crippen LogP contribution >= 0.6 is 0 Å². The topological polar surface area (TPSA) is 110 Å². The molecule has 140 valence electrons. The summed E-state index contributed by atoms with van der Waals surface area (Å²) >= 11 is 0. The van der Waals surface area contributed by atoms with Gasteiger partial charge in [0.15, 0.2) is 5.76 Å². The van der Waals surface area contributed by atoms with E-state index in [2.05, 4.69) is 5.16 Å². The molecule has 1 fully saturated rings. The SMILES string of the molecule is Cc1noc(C)c1S(=O)(=O)N1CCN(C(C(N)=O)c2ccccc2)CC1. The summed E-state index contributed by atoms with van der Waals surface area (Å²) in [6, 6.07) is 8.70. The van der Waals surface area contributed by atoms with Crippen molar-refractivity contribution in [2.24, 2.45) is 5.73 Å². The van der Waals surface area contributed by atoms with E-state index < -0.39 is 22.0 Å². The summed E-state index contributed by atoms with van der Waals surface area (Å²) in [6.07, 6.45) is 0. The Kier molecular flexibility index (Phi) is 5.12. The second kappa shape index (κ2) is 7.18. The average molecular weight is 378 g/mol. The summed E-state index contributed by atoms with van der Waals surface area (Å²) in [6.45, 7) is 4.54. The van der Waals surface area contributed by atoms with Gasteiger partial charge >= 0.3 is 0 Å². The molecule has 1 aliphatic rings. The predicted octanol–water partition coefficient (Wildman–Crippen LogP) is 0.824. The molecule has 1 aromatic heterocycles. The molecule has 9 heteroatoms. The lowest BCUT2D eigenvalue weighted by molar-refractivity contribution is -0.124. The highest BCUT2D eigenvalue weighted by Crippen LogP contribution is 2.27. The first-order chi connectivity index (χ1) is 12.3. The number of piperazine rings is 1. The molecule has 0 spiro atoms. The Bertz CT molecular complexity index is 867. The van der Waals surface area contributed by atoms with Crippen LogP contribution in [0.15, 0.2) is 39.8 Å². The van der Waals surface area contributed by atoms with E-state index in [4.69, 9.17) is 10.3 Å². The molecule has 0 saturated carbocycles. The van der Waals surface area contributed by atoms with Crippen molar-refractivity contribution in [3.05, 3.63) is 47.3 Å². The van der Waals surface area contributed by atoms with Crippen molar-refractivity contribution in [3.63, 3.8) is 0 Å². The largest absolute Gasteiger partial charge is 0.368 e. The van der Waals surface area contributed by atoms with E-state index in [0.717, 1.165) is 5.56 Å². The Morgan fingerprint density at radius 3 is 2.27 bits per heavy atom. The monoisotopic (exact) mass is 378 g/mol. The van der Waals surface area contributed by atoms with Crippen LogP contribution in [0, 0.1) is 13.8 Å². The van der Waals surface area contributed by atoms with Crippen LogP contribution < -0.4 is 5.73 Å². The fourth-order valence-electron chi connectivity index (χ4n) is 3.36. The number of primary amides is 1. The molecule has 0 radical (unpaired) electrons. The molecule has 3 rings (SSSR count). The Morgan fingerprint density at radius 2 is 1.77 bits per heavy atom. The highest BCUT2D eigenvalue weighted by molar-refractivity contribution is 7.89. The van der Waals surface area contributed by atoms with Gasteiger partial charge in [0, 0.05) is 26.2 Å². The molecule has 26 heavy (non-hydrogen) atoms. The van der Waals surface area contributed by atoms with Crippen molar-refractivity contribution >= 4 is 15.9 Å². The first-order valence-corrected chi connectivity index (χ1v) is 9.77. The quantitative estimate of drug-likeness (QED) is 0.825. The number of hydrogen-bond donors (Lipinski definition) is 1. The van der Waals surface area contributed by atoms with E-state index in [9.17, 15) is 13.2 Å². The number of benzene rings is 1. The number of rotatable bonds is 5. The Hall–Kier alpha value is -2.23. The lowest BCUT2D eigenvalue weighted by atomic mass is 10.0. The zero-order valence-corrected chi connectivity index (χ0v) is 15.6. The van der Waals surface area contributed by atoms with Crippen molar-refractivity contribution in [2.75, 3.05) is 26.2 Å². The van der Waals surface area contributed by atoms with Crippen LogP contribution in [-0.2, 0) is 14.8 Å². The molecule has 1 unspecified atom stereocenters. The van der Waals surface area contributed by atoms with E-state index >= 15 is 0 Å². The molecule has 1 aliphatic heterocycles. The molecule has 1 amide bonds. The van der Waals surface area contributed by atoms with E-state index in [1.165, 1.54) is 4.31 Å². The number of amides is 1. The van der Waals surface area contributed by atoms with Crippen LogP contribution in [0.5, 0.6) is 0 Å². The first-order valence-electron chi connectivity index (χ1n) is 8.33. The first kappa shape index (κ1) is 18.6.